The molecule has 0 bridgehead atoms. The van der Waals surface area contributed by atoms with Gasteiger partial charge >= 0.3 is 0 Å². The third-order valence-corrected chi connectivity index (χ3v) is 6.91. The van der Waals surface area contributed by atoms with E-state index in [0.717, 1.165) is 27.0 Å². The lowest BCUT2D eigenvalue weighted by atomic mass is 10.1. The van der Waals surface area contributed by atoms with Gasteiger partial charge in [-0.1, -0.05) is 41.9 Å². The van der Waals surface area contributed by atoms with Gasteiger partial charge in [0.05, 0.1) is 17.8 Å². The lowest BCUT2D eigenvalue weighted by Crippen LogP contribution is -2.18. The molecule has 34 heavy (non-hydrogen) atoms. The Bertz CT molecular complexity index is 1430. The molecule has 170 valence electrons. The van der Waals surface area contributed by atoms with E-state index in [0.29, 0.717) is 27.1 Å². The molecule has 1 aliphatic heterocycles. The van der Waals surface area contributed by atoms with Crippen molar-refractivity contribution in [1.82, 2.24) is 5.43 Å². The lowest BCUT2D eigenvalue weighted by Gasteiger charge is -2.06. The van der Waals surface area contributed by atoms with Crippen molar-refractivity contribution in [2.24, 2.45) is 5.10 Å². The van der Waals surface area contributed by atoms with E-state index in [2.05, 4.69) is 10.5 Å². The van der Waals surface area contributed by atoms with E-state index in [1.807, 2.05) is 78.9 Å². The number of hydrazone groups is 1. The largest absolute Gasteiger partial charge is 0.497 e. The number of rotatable bonds is 6. The molecule has 3 aromatic carbocycles. The zero-order chi connectivity index (χ0) is 23.5. The van der Waals surface area contributed by atoms with Gasteiger partial charge < -0.3 is 14.2 Å². The number of allylic oxidation sites excluding steroid dienone is 1. The normalized spacial score (nSPS) is 12.9. The number of hydrogen-bond acceptors (Lipinski definition) is 6. The molecule has 0 radical (unpaired) electrons. The third kappa shape index (κ3) is 4.48. The maximum atomic E-state index is 12.9. The second kappa shape index (κ2) is 9.59. The number of carbonyl (C=O) groups excluding carboxylic acids is 1. The molecule has 0 atom stereocenters. The van der Waals surface area contributed by atoms with Gasteiger partial charge in [0.15, 0.2) is 11.5 Å². The Kier molecular flexibility index (Phi) is 6.20. The van der Waals surface area contributed by atoms with Gasteiger partial charge in [-0.05, 0) is 54.1 Å². The molecule has 8 heteroatoms. The summed E-state index contributed by atoms with van der Waals surface area (Å²) < 4.78 is 17.0. The number of hydrogen-bond donors (Lipinski definition) is 1. The molecule has 4 aromatic rings. The van der Waals surface area contributed by atoms with Crippen molar-refractivity contribution < 1.29 is 19.0 Å². The van der Waals surface area contributed by atoms with Gasteiger partial charge in [0.25, 0.3) is 5.91 Å². The number of halogens is 1. The highest BCUT2D eigenvalue weighted by atomic mass is 35.5. The fourth-order valence-electron chi connectivity index (χ4n) is 3.47. The van der Waals surface area contributed by atoms with E-state index in [9.17, 15) is 4.79 Å². The zero-order valence-corrected chi connectivity index (χ0v) is 19.7. The number of thiophene rings is 1. The number of fused-ring (bicyclic) bond motifs is 2. The Morgan fingerprint density at radius 1 is 1.09 bits per heavy atom. The van der Waals surface area contributed by atoms with Crippen LogP contribution in [0.3, 0.4) is 0 Å². The van der Waals surface area contributed by atoms with Crippen LogP contribution in [0.15, 0.2) is 77.9 Å². The number of methoxy groups -OCH3 is 1. The van der Waals surface area contributed by atoms with Gasteiger partial charge in [0, 0.05) is 15.6 Å². The second-order valence-corrected chi connectivity index (χ2v) is 8.78. The molecule has 1 aliphatic rings. The molecule has 5 rings (SSSR count). The maximum Gasteiger partial charge on any atom is 0.283 e. The molecule has 6 nitrogen and oxygen atoms in total. The summed E-state index contributed by atoms with van der Waals surface area (Å²) in [4.78, 5) is 13.3. The fourth-order valence-corrected chi connectivity index (χ4v) is 4.88. The van der Waals surface area contributed by atoms with E-state index >= 15 is 0 Å². The summed E-state index contributed by atoms with van der Waals surface area (Å²) in [7, 11) is 1.61. The summed E-state index contributed by atoms with van der Waals surface area (Å²) in [5, 5.41) is 5.68. The van der Waals surface area contributed by atoms with Crippen LogP contribution in [0.2, 0.25) is 5.02 Å². The van der Waals surface area contributed by atoms with Gasteiger partial charge in [-0.2, -0.15) is 5.10 Å². The number of ether oxygens (including phenoxy) is 3. The summed E-state index contributed by atoms with van der Waals surface area (Å²) in [6.07, 6.45) is 3.72. The topological polar surface area (TPSA) is 69.2 Å². The van der Waals surface area contributed by atoms with Crippen LogP contribution in [-0.2, 0) is 0 Å². The van der Waals surface area contributed by atoms with Gasteiger partial charge in [0.2, 0.25) is 6.79 Å². The quantitative estimate of drug-likeness (QED) is 0.260. The van der Waals surface area contributed by atoms with Crippen LogP contribution >= 0.6 is 22.9 Å². The van der Waals surface area contributed by atoms with Crippen molar-refractivity contribution in [3.05, 3.63) is 93.8 Å². The van der Waals surface area contributed by atoms with E-state index in [-0.39, 0.29) is 12.7 Å². The standard InChI is InChI=1S/C26H19ClN2O4S/c1-31-18-10-8-17(9-11-18)20(12-6-16-7-13-21-22(14-16)33-15-32-21)28-29-26(30)25-24(27)19-4-2-3-5-23(19)34-25/h2-14H,15H2,1H3,(H,29,30)/b12-6+,28-20+. The van der Waals surface area contributed by atoms with Gasteiger partial charge in [-0.3, -0.25) is 4.79 Å². The first-order valence-electron chi connectivity index (χ1n) is 10.4. The SMILES string of the molecule is COc1ccc(C(/C=C/c2ccc3c(c2)OCO3)=N/NC(=O)c2sc3ccccc3c2Cl)cc1. The Morgan fingerprint density at radius 2 is 1.88 bits per heavy atom. The maximum absolute atomic E-state index is 12.9. The molecule has 0 spiro atoms. The third-order valence-electron chi connectivity index (χ3n) is 5.24. The first kappa shape index (κ1) is 22.0. The van der Waals surface area contributed by atoms with Crippen LogP contribution in [0.4, 0.5) is 0 Å². The van der Waals surface area contributed by atoms with Crippen LogP contribution in [0.1, 0.15) is 20.8 Å². The van der Waals surface area contributed by atoms with Crippen molar-refractivity contribution in [2.75, 3.05) is 13.9 Å². The summed E-state index contributed by atoms with van der Waals surface area (Å²) in [6, 6.07) is 20.7. The number of carbonyl (C=O) groups is 1. The Hall–Kier alpha value is -3.81. The van der Waals surface area contributed by atoms with Crippen molar-refractivity contribution in [1.29, 1.82) is 0 Å². The molecule has 1 aromatic heterocycles. The van der Waals surface area contributed by atoms with Crippen molar-refractivity contribution in [2.45, 2.75) is 0 Å². The smallest absolute Gasteiger partial charge is 0.283 e. The average Bonchev–Trinajstić information content (AvgIpc) is 3.48. The fraction of sp³-hybridized carbons (Fsp3) is 0.0769. The molecule has 0 aliphatic carbocycles. The molecule has 2 heterocycles. The summed E-state index contributed by atoms with van der Waals surface area (Å²) in [6.45, 7) is 0.216. The molecule has 1 amide bonds. The van der Waals surface area contributed by atoms with Crippen molar-refractivity contribution in [3.63, 3.8) is 0 Å². The molecule has 0 saturated carbocycles. The Balaban J connectivity index is 1.44. The van der Waals surface area contributed by atoms with E-state index in [1.54, 1.807) is 7.11 Å². The number of benzene rings is 3. The highest BCUT2D eigenvalue weighted by Crippen LogP contribution is 2.35. The molecule has 0 saturated heterocycles. The number of amides is 1. The molecule has 0 fully saturated rings. The van der Waals surface area contributed by atoms with Crippen LogP contribution in [0.5, 0.6) is 17.2 Å². The van der Waals surface area contributed by atoms with Gasteiger partial charge in [0.1, 0.15) is 10.6 Å². The Morgan fingerprint density at radius 3 is 2.68 bits per heavy atom. The summed E-state index contributed by atoms with van der Waals surface area (Å²) in [5.41, 5.74) is 4.93. The van der Waals surface area contributed by atoms with E-state index in [1.165, 1.54) is 11.3 Å². The van der Waals surface area contributed by atoms with Gasteiger partial charge in [-0.15, -0.1) is 11.3 Å². The predicted octanol–water partition coefficient (Wildman–Crippen LogP) is 6.14. The van der Waals surface area contributed by atoms with Crippen molar-refractivity contribution >= 4 is 50.7 Å². The van der Waals surface area contributed by atoms with E-state index < -0.39 is 0 Å². The number of nitrogens with one attached hydrogen (secondary N) is 1. The number of nitrogens with zero attached hydrogens (tertiary/aromatic N) is 1. The first-order chi connectivity index (χ1) is 16.6. The molecular weight excluding hydrogens is 472 g/mol. The highest BCUT2D eigenvalue weighted by molar-refractivity contribution is 7.21. The van der Waals surface area contributed by atoms with Crippen molar-refractivity contribution in [3.8, 4) is 17.2 Å². The minimum Gasteiger partial charge on any atom is -0.497 e. The zero-order valence-electron chi connectivity index (χ0n) is 18.1. The van der Waals surface area contributed by atoms with Crippen LogP contribution in [0.25, 0.3) is 16.2 Å². The molecule has 1 N–H and O–H groups in total. The monoisotopic (exact) mass is 490 g/mol. The van der Waals surface area contributed by atoms with Crippen LogP contribution in [0, 0.1) is 0 Å². The summed E-state index contributed by atoms with van der Waals surface area (Å²) >= 11 is 7.79. The van der Waals surface area contributed by atoms with Crippen LogP contribution < -0.4 is 19.6 Å². The second-order valence-electron chi connectivity index (χ2n) is 7.35. The lowest BCUT2D eigenvalue weighted by molar-refractivity contribution is 0.0959. The predicted molar refractivity (Wildman–Crippen MR) is 135 cm³/mol. The Labute approximate surface area is 205 Å². The first-order valence-corrected chi connectivity index (χ1v) is 11.6. The average molecular weight is 491 g/mol. The molecular formula is C26H19ClN2O4S. The van der Waals surface area contributed by atoms with Gasteiger partial charge in [-0.25, -0.2) is 5.43 Å². The minimum absolute atomic E-state index is 0.216. The minimum atomic E-state index is -0.367. The van der Waals surface area contributed by atoms with E-state index in [4.69, 9.17) is 25.8 Å². The highest BCUT2D eigenvalue weighted by Gasteiger charge is 2.17. The molecule has 0 unspecified atom stereocenters. The summed E-state index contributed by atoms with van der Waals surface area (Å²) in [5.74, 6) is 1.77. The van der Waals surface area contributed by atoms with Crippen LogP contribution in [-0.4, -0.2) is 25.5 Å².